The first kappa shape index (κ1) is 28.4. The molecule has 0 amide bonds. The lowest BCUT2D eigenvalue weighted by molar-refractivity contribution is -0.674. The SMILES string of the molecule is CCCCCc1ccc2c(c1)sc1[n+]2CCC2CC3SC4C(=C5N(CC4(C)C)c4ccc6ccccc6c4C5(C)C)C=C3C=C12. The Kier molecular flexibility index (Phi) is 6.37. The Balaban J connectivity index is 1.17. The molecule has 4 aliphatic heterocycles. The van der Waals surface area contributed by atoms with Gasteiger partial charge in [-0.05, 0) is 81.8 Å². The van der Waals surface area contributed by atoms with E-state index in [1.54, 1.807) is 22.4 Å². The van der Waals surface area contributed by atoms with Gasteiger partial charge in [0.05, 0.1) is 0 Å². The number of aromatic nitrogens is 1. The van der Waals surface area contributed by atoms with E-state index in [1.165, 1.54) is 81.3 Å². The van der Waals surface area contributed by atoms with E-state index in [1.807, 2.05) is 11.3 Å². The number of thioether (sulfide) groups is 1. The van der Waals surface area contributed by atoms with Gasteiger partial charge in [0.15, 0.2) is 6.54 Å². The summed E-state index contributed by atoms with van der Waals surface area (Å²) in [6, 6.07) is 21.1. The van der Waals surface area contributed by atoms with Gasteiger partial charge < -0.3 is 4.90 Å². The van der Waals surface area contributed by atoms with Crippen molar-refractivity contribution in [3.05, 3.63) is 99.7 Å². The molecule has 2 nitrogen and oxygen atoms in total. The van der Waals surface area contributed by atoms with Crippen LogP contribution in [0.1, 0.15) is 82.9 Å². The zero-order chi connectivity index (χ0) is 30.7. The summed E-state index contributed by atoms with van der Waals surface area (Å²) in [6.07, 6.45) is 13.0. The molecule has 5 heterocycles. The van der Waals surface area contributed by atoms with E-state index < -0.39 is 0 Å². The molecule has 3 unspecified atom stereocenters. The Morgan fingerprint density at radius 2 is 1.84 bits per heavy atom. The van der Waals surface area contributed by atoms with Gasteiger partial charge in [-0.1, -0.05) is 101 Å². The molecule has 0 fully saturated rings. The number of allylic oxidation sites excluding steroid dienone is 4. The topological polar surface area (TPSA) is 7.12 Å². The summed E-state index contributed by atoms with van der Waals surface area (Å²) in [5.74, 6) is 0.674. The van der Waals surface area contributed by atoms with E-state index in [2.05, 4.69) is 123 Å². The monoisotopic (exact) mass is 629 g/mol. The van der Waals surface area contributed by atoms with Crippen molar-refractivity contribution in [3.8, 4) is 0 Å². The number of unbranched alkanes of at least 4 members (excludes halogenated alkanes) is 2. The van der Waals surface area contributed by atoms with Crippen molar-refractivity contribution in [2.75, 3.05) is 11.4 Å². The fourth-order valence-electron chi connectivity index (χ4n) is 9.46. The molecule has 45 heavy (non-hydrogen) atoms. The molecule has 4 aromatic rings. The number of nitrogens with zero attached hydrogens (tertiary/aromatic N) is 2. The Hall–Kier alpha value is -2.82. The van der Waals surface area contributed by atoms with Crippen LogP contribution in [0.5, 0.6) is 0 Å². The molecule has 0 N–H and O–H groups in total. The summed E-state index contributed by atoms with van der Waals surface area (Å²) in [5, 5.41) is 5.40. The Bertz CT molecular complexity index is 1990. The van der Waals surface area contributed by atoms with E-state index in [9.17, 15) is 0 Å². The van der Waals surface area contributed by atoms with Gasteiger partial charge in [-0.25, -0.2) is 0 Å². The minimum Gasteiger partial charge on any atom is -0.343 e. The molecule has 0 saturated heterocycles. The Labute approximate surface area is 276 Å². The van der Waals surface area contributed by atoms with E-state index in [0.717, 1.165) is 13.1 Å². The summed E-state index contributed by atoms with van der Waals surface area (Å²) < 4.78 is 4.12. The van der Waals surface area contributed by atoms with Crippen LogP contribution < -0.4 is 9.47 Å². The Morgan fingerprint density at radius 3 is 2.71 bits per heavy atom. The average Bonchev–Trinajstić information content (AvgIpc) is 3.51. The van der Waals surface area contributed by atoms with Gasteiger partial charge in [-0.3, -0.25) is 0 Å². The zero-order valence-electron chi connectivity index (χ0n) is 27.5. The highest BCUT2D eigenvalue weighted by atomic mass is 32.2. The van der Waals surface area contributed by atoms with Gasteiger partial charge in [0.1, 0.15) is 4.70 Å². The maximum atomic E-state index is 2.71. The molecule has 1 aromatic heterocycles. The fourth-order valence-corrected chi connectivity index (χ4v) is 12.5. The second kappa shape index (κ2) is 10.1. The van der Waals surface area contributed by atoms with Crippen LogP contribution in [0.2, 0.25) is 0 Å². The summed E-state index contributed by atoms with van der Waals surface area (Å²) in [6.45, 7) is 14.5. The number of anilines is 1. The number of hydrogen-bond acceptors (Lipinski definition) is 3. The predicted octanol–water partition coefficient (Wildman–Crippen LogP) is 10.4. The van der Waals surface area contributed by atoms with Crippen LogP contribution >= 0.6 is 23.1 Å². The van der Waals surface area contributed by atoms with Crippen molar-refractivity contribution in [2.24, 2.45) is 11.3 Å². The van der Waals surface area contributed by atoms with Crippen LogP contribution in [0.4, 0.5) is 5.69 Å². The van der Waals surface area contributed by atoms with Gasteiger partial charge in [0.2, 0.25) is 5.52 Å². The lowest BCUT2D eigenvalue weighted by atomic mass is 9.73. The van der Waals surface area contributed by atoms with Gasteiger partial charge >= 0.3 is 0 Å². The van der Waals surface area contributed by atoms with Crippen LogP contribution in [-0.2, 0) is 18.4 Å². The van der Waals surface area contributed by atoms with E-state index in [-0.39, 0.29) is 10.8 Å². The largest absolute Gasteiger partial charge is 0.343 e. The quantitative estimate of drug-likeness (QED) is 0.164. The number of aryl methyl sites for hydroxylation is 2. The second-order valence-electron chi connectivity index (χ2n) is 15.5. The summed E-state index contributed by atoms with van der Waals surface area (Å²) >= 11 is 4.34. The van der Waals surface area contributed by atoms with E-state index in [0.29, 0.717) is 16.4 Å². The minimum absolute atomic E-state index is 0.0384. The molecule has 9 rings (SSSR count). The lowest BCUT2D eigenvalue weighted by Gasteiger charge is -2.50. The van der Waals surface area contributed by atoms with Crippen molar-refractivity contribution in [1.82, 2.24) is 0 Å². The lowest BCUT2D eigenvalue weighted by Crippen LogP contribution is -2.49. The smallest absolute Gasteiger partial charge is 0.266 e. The summed E-state index contributed by atoms with van der Waals surface area (Å²) in [7, 11) is 0. The van der Waals surface area contributed by atoms with E-state index >= 15 is 0 Å². The maximum absolute atomic E-state index is 2.71. The fraction of sp³-hybridized carbons (Fsp3) is 0.439. The molecular weight excluding hydrogens is 585 g/mol. The van der Waals surface area contributed by atoms with Gasteiger partial charge in [0.25, 0.3) is 5.01 Å². The van der Waals surface area contributed by atoms with Crippen molar-refractivity contribution in [1.29, 1.82) is 0 Å². The zero-order valence-corrected chi connectivity index (χ0v) is 29.1. The number of benzene rings is 3. The number of thiazole rings is 1. The van der Waals surface area contributed by atoms with Crippen molar-refractivity contribution < 1.29 is 4.57 Å². The van der Waals surface area contributed by atoms with Crippen molar-refractivity contribution in [3.63, 3.8) is 0 Å². The van der Waals surface area contributed by atoms with Crippen molar-refractivity contribution in [2.45, 2.75) is 95.6 Å². The third-order valence-electron chi connectivity index (χ3n) is 11.6. The predicted molar refractivity (Wildman–Crippen MR) is 194 cm³/mol. The highest BCUT2D eigenvalue weighted by Gasteiger charge is 2.53. The standard InChI is InChI=1S/C41H45N2S2/c1-6-7-8-11-25-14-16-32-35(20-25)45-39-30-21-28-22-31-37-41(4,5)36-29-13-10-9-12-26(29)15-17-33(36)43(37)24-40(2,3)38(31)44-34(28)23-27(30)18-19-42(32)39/h9-10,12-17,20-22,27,34,38H,6-8,11,18-19,23-24H2,1-5H3/q+1. The number of fused-ring (bicyclic) bond motifs is 12. The number of rotatable bonds is 4. The molecule has 1 aliphatic carbocycles. The molecule has 0 bridgehead atoms. The first-order chi connectivity index (χ1) is 21.7. The molecule has 0 radical (unpaired) electrons. The summed E-state index contributed by atoms with van der Waals surface area (Å²) in [4.78, 5) is 2.71. The van der Waals surface area contributed by atoms with Gasteiger partial charge in [-0.15, -0.1) is 11.8 Å². The summed E-state index contributed by atoms with van der Waals surface area (Å²) in [5.41, 5.74) is 12.3. The highest BCUT2D eigenvalue weighted by molar-refractivity contribution is 8.01. The molecule has 0 saturated carbocycles. The molecule has 5 aliphatic rings. The maximum Gasteiger partial charge on any atom is 0.266 e. The van der Waals surface area contributed by atoms with Crippen LogP contribution in [0.15, 0.2) is 83.6 Å². The van der Waals surface area contributed by atoms with Crippen LogP contribution in [0.25, 0.3) is 26.6 Å². The van der Waals surface area contributed by atoms with Gasteiger partial charge in [0, 0.05) is 51.9 Å². The molecule has 0 spiro atoms. The highest BCUT2D eigenvalue weighted by Crippen LogP contribution is 2.60. The number of hydrogen-bond donors (Lipinski definition) is 0. The Morgan fingerprint density at radius 1 is 0.978 bits per heavy atom. The molecular formula is C41H45N2S2+. The second-order valence-corrected chi connectivity index (χ2v) is 17.8. The normalized spacial score (nSPS) is 25.6. The van der Waals surface area contributed by atoms with Crippen molar-refractivity contribution >= 4 is 55.3 Å². The van der Waals surface area contributed by atoms with Crippen LogP contribution in [-0.4, -0.2) is 17.0 Å². The first-order valence-corrected chi connectivity index (χ1v) is 19.1. The van der Waals surface area contributed by atoms with Gasteiger partial charge in [-0.2, -0.15) is 4.57 Å². The molecule has 3 atom stereocenters. The average molecular weight is 630 g/mol. The van der Waals surface area contributed by atoms with E-state index in [4.69, 9.17) is 0 Å². The molecule has 230 valence electrons. The molecule has 4 heteroatoms. The molecule has 3 aromatic carbocycles. The third-order valence-corrected chi connectivity index (χ3v) is 14.7. The van der Waals surface area contributed by atoms with Crippen LogP contribution in [0, 0.1) is 11.3 Å². The third kappa shape index (κ3) is 4.17. The minimum atomic E-state index is -0.0384. The van der Waals surface area contributed by atoms with Crippen LogP contribution in [0.3, 0.4) is 0 Å². The first-order valence-electron chi connectivity index (χ1n) is 17.3.